The van der Waals surface area contributed by atoms with E-state index in [-0.39, 0.29) is 6.03 Å². The van der Waals surface area contributed by atoms with Crippen molar-refractivity contribution in [1.82, 2.24) is 14.7 Å². The molecule has 0 spiro atoms. The molecule has 1 aliphatic heterocycles. The molecule has 1 aromatic heterocycles. The quantitative estimate of drug-likeness (QED) is 0.678. The lowest BCUT2D eigenvalue weighted by atomic mass is 10.1. The average molecular weight is 223 g/mol. The summed E-state index contributed by atoms with van der Waals surface area (Å²) in [6.45, 7) is 7.68. The zero-order valence-electron chi connectivity index (χ0n) is 10.4. The van der Waals surface area contributed by atoms with E-state index in [0.717, 1.165) is 31.5 Å². The number of likely N-dealkylation sites (tertiary alicyclic amines) is 1. The molecule has 4 nitrogen and oxygen atoms in total. The van der Waals surface area contributed by atoms with E-state index >= 15 is 0 Å². The molecular weight excluding hydrogens is 202 g/mol. The van der Waals surface area contributed by atoms with E-state index in [0.29, 0.717) is 0 Å². The van der Waals surface area contributed by atoms with Gasteiger partial charge in [-0.1, -0.05) is 13.8 Å². The molecule has 2 rings (SSSR count). The molecule has 0 N–H and O–H groups in total. The highest BCUT2D eigenvalue weighted by Crippen LogP contribution is 2.10. The zero-order chi connectivity index (χ0) is 12.0. The van der Waals surface area contributed by atoms with Crippen molar-refractivity contribution in [3.05, 3.63) is 18.0 Å². The highest BCUT2D eigenvalue weighted by Gasteiger charge is 2.18. The summed E-state index contributed by atoms with van der Waals surface area (Å²) in [7, 11) is 0. The normalized spacial score (nSPS) is 15.3. The highest BCUT2D eigenvalue weighted by molar-refractivity contribution is 5.76. The summed E-state index contributed by atoms with van der Waals surface area (Å²) in [6.07, 6.45) is 6.96. The lowest BCUT2D eigenvalue weighted by Gasteiger charge is -2.25. The van der Waals surface area contributed by atoms with Crippen molar-refractivity contribution in [3.63, 3.8) is 0 Å². The van der Waals surface area contributed by atoms with Gasteiger partial charge >= 0.3 is 6.03 Å². The predicted molar refractivity (Wildman–Crippen MR) is 64.5 cm³/mol. The van der Waals surface area contributed by atoms with Gasteiger partial charge in [-0.15, -0.1) is 0 Å². The topological polar surface area (TPSA) is 38.1 Å². The first-order valence-electron chi connectivity index (χ1n) is 6.08. The average Bonchev–Trinajstić information content (AvgIpc) is 2.79. The fraction of sp³-hybridized carbons (Fsp3) is 0.667. The molecule has 0 atom stereocenters. The van der Waals surface area contributed by atoms with Gasteiger partial charge < -0.3 is 4.90 Å². The maximum Gasteiger partial charge on any atom is 0.344 e. The third kappa shape index (κ3) is 3.08. The maximum atomic E-state index is 11.8. The smallest absolute Gasteiger partial charge is 0.323 e. The molecule has 0 unspecified atom stereocenters. The summed E-state index contributed by atoms with van der Waals surface area (Å²) in [6, 6.07) is 0.0119. The van der Waals surface area contributed by atoms with Crippen LogP contribution in [0.4, 0.5) is 4.79 Å². The van der Waals surface area contributed by atoms with Crippen LogP contribution < -0.4 is 0 Å². The Morgan fingerprint density at radius 2 is 1.88 bits per heavy atom. The molecule has 0 bridgehead atoms. The summed E-state index contributed by atoms with van der Waals surface area (Å²) in [5.41, 5.74) is 1.02. The summed E-state index contributed by atoms with van der Waals surface area (Å²) < 4.78 is 1.43. The standard InChI is InChI=1S/C10H15N3O.C2H6/c1-9-7-11-13(8-9)10(14)12-5-3-2-4-6-12;1-2/h7-8H,2-6H2,1H3;1-2H3. The van der Waals surface area contributed by atoms with E-state index in [4.69, 9.17) is 0 Å². The van der Waals surface area contributed by atoms with Crippen LogP contribution in [0.1, 0.15) is 38.7 Å². The largest absolute Gasteiger partial charge is 0.344 e. The Balaban J connectivity index is 0.000000606. The molecule has 1 saturated heterocycles. The minimum absolute atomic E-state index is 0.0119. The Morgan fingerprint density at radius 1 is 1.25 bits per heavy atom. The van der Waals surface area contributed by atoms with E-state index in [9.17, 15) is 4.79 Å². The van der Waals surface area contributed by atoms with Crippen molar-refractivity contribution in [3.8, 4) is 0 Å². The molecule has 0 radical (unpaired) electrons. The Labute approximate surface area is 97.2 Å². The molecule has 4 heteroatoms. The highest BCUT2D eigenvalue weighted by atomic mass is 16.2. The molecule has 2 heterocycles. The number of aromatic nitrogens is 2. The first-order valence-corrected chi connectivity index (χ1v) is 6.08. The van der Waals surface area contributed by atoms with Crippen molar-refractivity contribution >= 4 is 6.03 Å². The fourth-order valence-corrected chi connectivity index (χ4v) is 1.75. The number of carbonyl (C=O) groups excluding carboxylic acids is 1. The first kappa shape index (κ1) is 12.7. The van der Waals surface area contributed by atoms with Gasteiger partial charge in [-0.2, -0.15) is 9.78 Å². The van der Waals surface area contributed by atoms with Gasteiger partial charge in [-0.05, 0) is 31.7 Å². The van der Waals surface area contributed by atoms with Gasteiger partial charge in [0.2, 0.25) is 0 Å². The number of carbonyl (C=O) groups is 1. The number of aryl methyl sites for hydroxylation is 1. The van der Waals surface area contributed by atoms with E-state index in [1.165, 1.54) is 11.1 Å². The molecule has 16 heavy (non-hydrogen) atoms. The summed E-state index contributed by atoms with van der Waals surface area (Å²) >= 11 is 0. The van der Waals surface area contributed by atoms with E-state index in [2.05, 4.69) is 5.10 Å². The van der Waals surface area contributed by atoms with Crippen molar-refractivity contribution in [2.75, 3.05) is 13.1 Å². The van der Waals surface area contributed by atoms with Gasteiger partial charge in [-0.3, -0.25) is 0 Å². The number of rotatable bonds is 0. The number of amides is 1. The van der Waals surface area contributed by atoms with Crippen LogP contribution in [0.3, 0.4) is 0 Å². The van der Waals surface area contributed by atoms with Crippen LogP contribution in [0.5, 0.6) is 0 Å². The summed E-state index contributed by atoms with van der Waals surface area (Å²) in [5.74, 6) is 0. The lowest BCUT2D eigenvalue weighted by Crippen LogP contribution is -2.38. The fourth-order valence-electron chi connectivity index (χ4n) is 1.75. The van der Waals surface area contributed by atoms with Crippen molar-refractivity contribution in [2.24, 2.45) is 0 Å². The second-order valence-corrected chi connectivity index (χ2v) is 3.79. The van der Waals surface area contributed by atoms with Gasteiger partial charge in [0.15, 0.2) is 0 Å². The molecular formula is C12H21N3O. The summed E-state index contributed by atoms with van der Waals surface area (Å²) in [5, 5.41) is 4.02. The monoisotopic (exact) mass is 223 g/mol. The van der Waals surface area contributed by atoms with E-state index in [1.54, 1.807) is 12.4 Å². The van der Waals surface area contributed by atoms with Gasteiger partial charge in [0.1, 0.15) is 0 Å². The van der Waals surface area contributed by atoms with Crippen LogP contribution >= 0.6 is 0 Å². The Bertz CT molecular complexity index is 327. The maximum absolute atomic E-state index is 11.8. The van der Waals surface area contributed by atoms with Crippen molar-refractivity contribution in [2.45, 2.75) is 40.0 Å². The van der Waals surface area contributed by atoms with Crippen LogP contribution in [-0.2, 0) is 0 Å². The predicted octanol–water partition coefficient (Wildman–Crippen LogP) is 2.67. The third-order valence-corrected chi connectivity index (χ3v) is 2.53. The molecule has 1 fully saturated rings. The molecule has 90 valence electrons. The second-order valence-electron chi connectivity index (χ2n) is 3.79. The second kappa shape index (κ2) is 6.30. The van der Waals surface area contributed by atoms with Crippen molar-refractivity contribution in [1.29, 1.82) is 0 Å². The Morgan fingerprint density at radius 3 is 2.38 bits per heavy atom. The lowest BCUT2D eigenvalue weighted by molar-refractivity contribution is 0.185. The molecule has 1 aliphatic rings. The third-order valence-electron chi connectivity index (χ3n) is 2.53. The van der Waals surface area contributed by atoms with Gasteiger partial charge in [0.25, 0.3) is 0 Å². The molecule has 0 aromatic carbocycles. The number of nitrogens with zero attached hydrogens (tertiary/aromatic N) is 3. The van der Waals surface area contributed by atoms with E-state index in [1.807, 2.05) is 25.7 Å². The molecule has 1 aromatic rings. The van der Waals surface area contributed by atoms with E-state index < -0.39 is 0 Å². The SMILES string of the molecule is CC.Cc1cnn(C(=O)N2CCCCC2)c1. The van der Waals surface area contributed by atoms with Crippen LogP contribution in [0.15, 0.2) is 12.4 Å². The number of hydrogen-bond acceptors (Lipinski definition) is 2. The summed E-state index contributed by atoms with van der Waals surface area (Å²) in [4.78, 5) is 13.7. The zero-order valence-corrected chi connectivity index (χ0v) is 10.4. The van der Waals surface area contributed by atoms with Crippen LogP contribution in [0.2, 0.25) is 0 Å². The Kier molecular flexibility index (Phi) is 5.02. The molecule has 1 amide bonds. The minimum Gasteiger partial charge on any atom is -0.323 e. The number of hydrogen-bond donors (Lipinski definition) is 0. The minimum atomic E-state index is 0.0119. The van der Waals surface area contributed by atoms with Gasteiger partial charge in [0, 0.05) is 19.3 Å². The van der Waals surface area contributed by atoms with Crippen molar-refractivity contribution < 1.29 is 4.79 Å². The Hall–Kier alpha value is -1.32. The molecule has 0 aliphatic carbocycles. The van der Waals surface area contributed by atoms with Gasteiger partial charge in [0.05, 0.1) is 6.20 Å². The first-order chi connectivity index (χ1) is 7.77. The van der Waals surface area contributed by atoms with Crippen LogP contribution in [0, 0.1) is 6.92 Å². The molecule has 0 saturated carbocycles. The van der Waals surface area contributed by atoms with Crippen LogP contribution in [-0.4, -0.2) is 33.8 Å². The number of piperidine rings is 1. The van der Waals surface area contributed by atoms with Gasteiger partial charge in [-0.25, -0.2) is 4.79 Å². The van der Waals surface area contributed by atoms with Crippen LogP contribution in [0.25, 0.3) is 0 Å².